The van der Waals surface area contributed by atoms with E-state index in [1.807, 2.05) is 52.4 Å². The van der Waals surface area contributed by atoms with Gasteiger partial charge in [0.2, 0.25) is 0 Å². The number of hydrogen-bond acceptors (Lipinski definition) is 6. The molecule has 9 heteroatoms. The first kappa shape index (κ1) is 20.8. The highest BCUT2D eigenvalue weighted by molar-refractivity contribution is 5.59. The highest BCUT2D eigenvalue weighted by Crippen LogP contribution is 2.19. The average Bonchev–Trinajstić information content (AvgIpc) is 3.60. The number of imidazole rings is 1. The number of piperazine rings is 1. The van der Waals surface area contributed by atoms with Crippen LogP contribution in [-0.4, -0.2) is 64.5 Å². The fourth-order valence-electron chi connectivity index (χ4n) is 4.56. The van der Waals surface area contributed by atoms with Crippen molar-refractivity contribution in [1.29, 1.82) is 0 Å². The molecule has 172 valence electrons. The third-order valence-electron chi connectivity index (χ3n) is 6.21. The molecule has 1 aliphatic heterocycles. The number of rotatable bonds is 6. The topological polar surface area (TPSA) is 81.1 Å². The van der Waals surface area contributed by atoms with Gasteiger partial charge >= 0.3 is 0 Å². The van der Waals surface area contributed by atoms with E-state index in [4.69, 9.17) is 4.98 Å². The van der Waals surface area contributed by atoms with Gasteiger partial charge in [-0.25, -0.2) is 9.67 Å². The van der Waals surface area contributed by atoms with Gasteiger partial charge in [0.05, 0.1) is 30.3 Å². The Balaban J connectivity index is 1.17. The smallest absolute Gasteiger partial charge is 0.137 e. The van der Waals surface area contributed by atoms with Crippen LogP contribution in [0.2, 0.25) is 0 Å². The van der Waals surface area contributed by atoms with E-state index < -0.39 is 0 Å². The van der Waals surface area contributed by atoms with E-state index in [1.54, 1.807) is 0 Å². The van der Waals surface area contributed by atoms with Crippen molar-refractivity contribution in [1.82, 2.24) is 44.1 Å². The SMILES string of the molecule is C[C@@H]1CN(Cc2ccc3nc(Cn4cc(-c5cncc(-n6cccc6)c5)nn4)cn3c2)CCN1. The number of nitrogens with one attached hydrogen (secondary N) is 1. The Kier molecular flexibility index (Phi) is 5.40. The van der Waals surface area contributed by atoms with Gasteiger partial charge in [0, 0.05) is 68.8 Å². The van der Waals surface area contributed by atoms with Gasteiger partial charge < -0.3 is 14.3 Å². The van der Waals surface area contributed by atoms with Crippen molar-refractivity contribution in [3.8, 4) is 16.9 Å². The molecule has 0 amide bonds. The van der Waals surface area contributed by atoms with Crippen LogP contribution in [0.3, 0.4) is 0 Å². The molecule has 0 spiro atoms. The molecule has 0 bridgehead atoms. The maximum Gasteiger partial charge on any atom is 0.137 e. The van der Waals surface area contributed by atoms with Crippen molar-refractivity contribution in [2.45, 2.75) is 26.1 Å². The summed E-state index contributed by atoms with van der Waals surface area (Å²) in [6.45, 7) is 6.96. The van der Waals surface area contributed by atoms with Crippen LogP contribution in [0.4, 0.5) is 0 Å². The van der Waals surface area contributed by atoms with Crippen molar-refractivity contribution in [2.24, 2.45) is 0 Å². The molecule has 1 fully saturated rings. The monoisotopic (exact) mass is 453 g/mol. The molecule has 6 rings (SSSR count). The Bertz CT molecular complexity index is 1400. The lowest BCUT2D eigenvalue weighted by Gasteiger charge is -2.31. The first-order chi connectivity index (χ1) is 16.7. The summed E-state index contributed by atoms with van der Waals surface area (Å²) in [5.74, 6) is 0. The zero-order valence-corrected chi connectivity index (χ0v) is 19.1. The number of hydrogen-bond donors (Lipinski definition) is 1. The average molecular weight is 454 g/mol. The third-order valence-corrected chi connectivity index (χ3v) is 6.21. The van der Waals surface area contributed by atoms with Gasteiger partial charge in [-0.1, -0.05) is 11.3 Å². The van der Waals surface area contributed by atoms with Gasteiger partial charge in [-0.15, -0.1) is 5.10 Å². The second-order valence-electron chi connectivity index (χ2n) is 8.95. The highest BCUT2D eigenvalue weighted by Gasteiger charge is 2.16. The first-order valence-electron chi connectivity index (χ1n) is 11.6. The van der Waals surface area contributed by atoms with E-state index in [-0.39, 0.29) is 0 Å². The Morgan fingerprint density at radius 1 is 1.06 bits per heavy atom. The molecule has 0 saturated carbocycles. The van der Waals surface area contributed by atoms with E-state index in [0.717, 1.165) is 54.5 Å². The van der Waals surface area contributed by atoms with Crippen molar-refractivity contribution < 1.29 is 0 Å². The predicted octanol–water partition coefficient (Wildman–Crippen LogP) is 2.62. The van der Waals surface area contributed by atoms with Gasteiger partial charge in [0.25, 0.3) is 0 Å². The fraction of sp³-hybridized carbons (Fsp3) is 0.280. The highest BCUT2D eigenvalue weighted by atomic mass is 15.4. The van der Waals surface area contributed by atoms with Crippen LogP contribution in [0, 0.1) is 0 Å². The van der Waals surface area contributed by atoms with Crippen LogP contribution in [0.5, 0.6) is 0 Å². The molecular formula is C25H27N9. The van der Waals surface area contributed by atoms with Crippen LogP contribution < -0.4 is 5.32 Å². The van der Waals surface area contributed by atoms with Gasteiger partial charge in [-0.05, 0) is 36.8 Å². The lowest BCUT2D eigenvalue weighted by atomic mass is 10.2. The largest absolute Gasteiger partial charge is 0.322 e. The van der Waals surface area contributed by atoms with E-state index in [0.29, 0.717) is 12.6 Å². The summed E-state index contributed by atoms with van der Waals surface area (Å²) >= 11 is 0. The van der Waals surface area contributed by atoms with Gasteiger partial charge in [0.1, 0.15) is 11.3 Å². The molecule has 9 nitrogen and oxygen atoms in total. The maximum absolute atomic E-state index is 4.77. The van der Waals surface area contributed by atoms with Crippen molar-refractivity contribution in [2.75, 3.05) is 19.6 Å². The van der Waals surface area contributed by atoms with Crippen molar-refractivity contribution in [3.05, 3.63) is 85.0 Å². The van der Waals surface area contributed by atoms with Crippen LogP contribution in [0.25, 0.3) is 22.6 Å². The zero-order chi connectivity index (χ0) is 22.9. The molecule has 0 radical (unpaired) electrons. The Labute approximate surface area is 197 Å². The zero-order valence-electron chi connectivity index (χ0n) is 19.1. The summed E-state index contributed by atoms with van der Waals surface area (Å²) in [6.07, 6.45) is 13.8. The van der Waals surface area contributed by atoms with Crippen molar-refractivity contribution in [3.63, 3.8) is 0 Å². The lowest BCUT2D eigenvalue weighted by molar-refractivity contribution is 0.199. The van der Waals surface area contributed by atoms with Gasteiger partial charge in [-0.2, -0.15) is 0 Å². The summed E-state index contributed by atoms with van der Waals surface area (Å²) in [5, 5.41) is 12.2. The summed E-state index contributed by atoms with van der Waals surface area (Å²) in [7, 11) is 0. The fourth-order valence-corrected chi connectivity index (χ4v) is 4.56. The molecule has 1 N–H and O–H groups in total. The molecular weight excluding hydrogens is 426 g/mol. The Morgan fingerprint density at radius 2 is 1.97 bits per heavy atom. The van der Waals surface area contributed by atoms with Crippen molar-refractivity contribution >= 4 is 5.65 Å². The van der Waals surface area contributed by atoms with E-state index >= 15 is 0 Å². The Morgan fingerprint density at radius 3 is 2.85 bits per heavy atom. The summed E-state index contributed by atoms with van der Waals surface area (Å²) in [4.78, 5) is 11.6. The number of pyridine rings is 2. The minimum atomic E-state index is 0.539. The standard InChI is InChI=1S/C25H27N9/c1-19-13-31(9-6-27-19)14-20-4-5-25-28-22(16-33(25)15-20)17-34-18-24(29-30-34)21-10-23(12-26-11-21)32-7-2-3-8-32/h2-5,7-8,10-12,15-16,18-19,27H,6,9,13-14,17H2,1H3/t19-/m1/s1. The molecule has 1 aliphatic rings. The van der Waals surface area contributed by atoms with Gasteiger partial charge in [0.15, 0.2) is 0 Å². The number of fused-ring (bicyclic) bond motifs is 1. The molecule has 0 unspecified atom stereocenters. The molecule has 5 aromatic rings. The molecule has 0 aromatic carbocycles. The summed E-state index contributed by atoms with van der Waals surface area (Å²) in [5.41, 5.74) is 5.89. The molecule has 34 heavy (non-hydrogen) atoms. The second kappa shape index (κ2) is 8.85. The first-order valence-corrected chi connectivity index (χ1v) is 11.6. The van der Waals surface area contributed by atoms with Crippen LogP contribution >= 0.6 is 0 Å². The predicted molar refractivity (Wildman–Crippen MR) is 130 cm³/mol. The quantitative estimate of drug-likeness (QED) is 0.426. The van der Waals surface area contributed by atoms with Crippen LogP contribution in [0.1, 0.15) is 18.2 Å². The van der Waals surface area contributed by atoms with E-state index in [9.17, 15) is 0 Å². The molecule has 6 heterocycles. The summed E-state index contributed by atoms with van der Waals surface area (Å²) in [6, 6.07) is 10.9. The number of aromatic nitrogens is 7. The second-order valence-corrected chi connectivity index (χ2v) is 8.95. The molecule has 5 aromatic heterocycles. The normalized spacial score (nSPS) is 16.9. The molecule has 1 saturated heterocycles. The van der Waals surface area contributed by atoms with E-state index in [1.165, 1.54) is 5.56 Å². The lowest BCUT2D eigenvalue weighted by Crippen LogP contribution is -2.48. The maximum atomic E-state index is 4.77. The van der Waals surface area contributed by atoms with E-state index in [2.05, 4.69) is 67.4 Å². The number of nitrogens with zero attached hydrogens (tertiary/aromatic N) is 8. The minimum Gasteiger partial charge on any atom is -0.322 e. The van der Waals surface area contributed by atoms with Gasteiger partial charge in [-0.3, -0.25) is 9.88 Å². The summed E-state index contributed by atoms with van der Waals surface area (Å²) < 4.78 is 5.95. The molecule has 1 atom stereocenters. The third kappa shape index (κ3) is 4.35. The Hall–Kier alpha value is -3.82. The van der Waals surface area contributed by atoms with Crippen LogP contribution in [-0.2, 0) is 13.1 Å². The minimum absolute atomic E-state index is 0.539. The molecule has 0 aliphatic carbocycles. The van der Waals surface area contributed by atoms with Crippen LogP contribution in [0.15, 0.2) is 73.7 Å².